The number of urea groups is 1. The van der Waals surface area contributed by atoms with Crippen molar-refractivity contribution in [3.8, 4) is 0 Å². The van der Waals surface area contributed by atoms with Gasteiger partial charge in [0.2, 0.25) is 0 Å². The average Bonchev–Trinajstić information content (AvgIpc) is 2.24. The minimum atomic E-state index is -0.799. The Morgan fingerprint density at radius 2 is 1.90 bits per heavy atom. The van der Waals surface area contributed by atoms with Crippen molar-refractivity contribution < 1.29 is 14.7 Å². The molecule has 3 N–H and O–H groups in total. The second-order valence-electron chi connectivity index (χ2n) is 6.42. The lowest BCUT2D eigenvalue weighted by atomic mass is 9.93. The minimum Gasteiger partial charge on any atom is -0.481 e. The molecule has 0 aliphatic carbocycles. The number of hydrogen-bond acceptors (Lipinski definition) is 3. The largest absolute Gasteiger partial charge is 0.481 e. The number of amides is 2. The summed E-state index contributed by atoms with van der Waals surface area (Å²) in [7, 11) is 4.01. The first kappa shape index (κ1) is 18.7. The van der Waals surface area contributed by atoms with Crippen molar-refractivity contribution in [1.29, 1.82) is 0 Å². The van der Waals surface area contributed by atoms with Gasteiger partial charge in [0.05, 0.1) is 0 Å². The molecule has 0 bridgehead atoms. The SMILES string of the molecule is CC(CCCC(=O)O)NC(=O)NCC(C)(C)CN(C)C. The molecule has 0 spiro atoms. The smallest absolute Gasteiger partial charge is 0.315 e. The molecule has 0 aliphatic heterocycles. The number of hydrogen-bond donors (Lipinski definition) is 3. The Morgan fingerprint density at radius 1 is 1.30 bits per heavy atom. The molecule has 0 radical (unpaired) electrons. The minimum absolute atomic E-state index is 0.00733. The van der Waals surface area contributed by atoms with Crippen molar-refractivity contribution >= 4 is 12.0 Å². The van der Waals surface area contributed by atoms with E-state index in [1.54, 1.807) is 0 Å². The maximum Gasteiger partial charge on any atom is 0.315 e. The van der Waals surface area contributed by atoms with E-state index in [0.717, 1.165) is 6.54 Å². The molecule has 118 valence electrons. The van der Waals surface area contributed by atoms with E-state index in [4.69, 9.17) is 5.11 Å². The van der Waals surface area contributed by atoms with E-state index in [-0.39, 0.29) is 23.9 Å². The average molecular weight is 287 g/mol. The van der Waals surface area contributed by atoms with Crippen LogP contribution in [-0.2, 0) is 4.79 Å². The highest BCUT2D eigenvalue weighted by Crippen LogP contribution is 2.13. The molecular formula is C14H29N3O3. The Bertz CT molecular complexity index is 317. The quantitative estimate of drug-likeness (QED) is 0.600. The van der Waals surface area contributed by atoms with Crippen molar-refractivity contribution in [3.63, 3.8) is 0 Å². The molecule has 2 amide bonds. The Labute approximate surface area is 121 Å². The zero-order valence-corrected chi connectivity index (χ0v) is 13.3. The third kappa shape index (κ3) is 10.6. The molecule has 0 heterocycles. The lowest BCUT2D eigenvalue weighted by molar-refractivity contribution is -0.137. The summed E-state index contributed by atoms with van der Waals surface area (Å²) in [6.45, 7) is 7.57. The van der Waals surface area contributed by atoms with Gasteiger partial charge in [0.15, 0.2) is 0 Å². The van der Waals surface area contributed by atoms with Crippen LogP contribution >= 0.6 is 0 Å². The van der Waals surface area contributed by atoms with Gasteiger partial charge in [-0.1, -0.05) is 13.8 Å². The second-order valence-corrected chi connectivity index (χ2v) is 6.42. The molecule has 0 rings (SSSR count). The van der Waals surface area contributed by atoms with Crippen molar-refractivity contribution in [1.82, 2.24) is 15.5 Å². The Balaban J connectivity index is 3.90. The summed E-state index contributed by atoms with van der Waals surface area (Å²) >= 11 is 0. The van der Waals surface area contributed by atoms with Crippen LogP contribution in [0.2, 0.25) is 0 Å². The Morgan fingerprint density at radius 3 is 2.40 bits per heavy atom. The van der Waals surface area contributed by atoms with Gasteiger partial charge in [-0.25, -0.2) is 4.79 Å². The number of rotatable bonds is 9. The van der Waals surface area contributed by atoms with Crippen molar-refractivity contribution in [2.24, 2.45) is 5.41 Å². The highest BCUT2D eigenvalue weighted by atomic mass is 16.4. The van der Waals surface area contributed by atoms with E-state index < -0.39 is 5.97 Å². The summed E-state index contributed by atoms with van der Waals surface area (Å²) in [6.07, 6.45) is 1.38. The molecule has 20 heavy (non-hydrogen) atoms. The maximum atomic E-state index is 11.7. The van der Waals surface area contributed by atoms with Gasteiger partial charge in [-0.3, -0.25) is 4.79 Å². The van der Waals surface area contributed by atoms with E-state index in [9.17, 15) is 9.59 Å². The number of carboxylic acid groups (broad SMARTS) is 1. The van der Waals surface area contributed by atoms with Gasteiger partial charge in [0, 0.05) is 25.6 Å². The number of carboxylic acids is 1. The predicted molar refractivity (Wildman–Crippen MR) is 79.8 cm³/mol. The molecule has 0 aromatic heterocycles. The molecule has 1 atom stereocenters. The van der Waals surface area contributed by atoms with Crippen LogP contribution in [0.15, 0.2) is 0 Å². The maximum absolute atomic E-state index is 11.7. The number of aliphatic carboxylic acids is 1. The first-order valence-electron chi connectivity index (χ1n) is 7.03. The van der Waals surface area contributed by atoms with E-state index >= 15 is 0 Å². The highest BCUT2D eigenvalue weighted by molar-refractivity contribution is 5.74. The third-order valence-corrected chi connectivity index (χ3v) is 2.88. The molecule has 0 fully saturated rings. The molecule has 0 aliphatic rings. The fourth-order valence-corrected chi connectivity index (χ4v) is 2.14. The lowest BCUT2D eigenvalue weighted by Gasteiger charge is -2.28. The normalized spacial score (nSPS) is 13.1. The van der Waals surface area contributed by atoms with Gasteiger partial charge in [-0.2, -0.15) is 0 Å². The van der Waals surface area contributed by atoms with Crippen LogP contribution < -0.4 is 10.6 Å². The highest BCUT2D eigenvalue weighted by Gasteiger charge is 2.20. The first-order valence-corrected chi connectivity index (χ1v) is 7.03. The molecule has 6 heteroatoms. The van der Waals surface area contributed by atoms with Gasteiger partial charge >= 0.3 is 12.0 Å². The van der Waals surface area contributed by atoms with Crippen LogP contribution in [0.4, 0.5) is 4.79 Å². The third-order valence-electron chi connectivity index (χ3n) is 2.88. The van der Waals surface area contributed by atoms with Gasteiger partial charge in [-0.15, -0.1) is 0 Å². The summed E-state index contributed by atoms with van der Waals surface area (Å²) in [4.78, 5) is 24.2. The summed E-state index contributed by atoms with van der Waals surface area (Å²) in [5.41, 5.74) is 0.00733. The number of nitrogens with one attached hydrogen (secondary N) is 2. The van der Waals surface area contributed by atoms with Crippen LogP contribution in [0.25, 0.3) is 0 Å². The molecule has 0 aromatic rings. The molecular weight excluding hydrogens is 258 g/mol. The van der Waals surface area contributed by atoms with E-state index in [1.807, 2.05) is 21.0 Å². The van der Waals surface area contributed by atoms with Crippen molar-refractivity contribution in [2.45, 2.75) is 46.1 Å². The van der Waals surface area contributed by atoms with Crippen LogP contribution in [0, 0.1) is 5.41 Å². The monoisotopic (exact) mass is 287 g/mol. The number of carbonyl (C=O) groups is 2. The van der Waals surface area contributed by atoms with Gasteiger partial charge in [0.25, 0.3) is 0 Å². The van der Waals surface area contributed by atoms with E-state index in [0.29, 0.717) is 19.4 Å². The number of carbonyl (C=O) groups excluding carboxylic acids is 1. The topological polar surface area (TPSA) is 81.7 Å². The number of nitrogens with zero attached hydrogens (tertiary/aromatic N) is 1. The van der Waals surface area contributed by atoms with Crippen molar-refractivity contribution in [2.75, 3.05) is 27.2 Å². The van der Waals surface area contributed by atoms with Gasteiger partial charge < -0.3 is 20.6 Å². The van der Waals surface area contributed by atoms with Gasteiger partial charge in [-0.05, 0) is 39.3 Å². The Kier molecular flexibility index (Phi) is 8.22. The standard InChI is InChI=1S/C14H29N3O3/c1-11(7-6-8-12(18)19)16-13(20)15-9-14(2,3)10-17(4)5/h11H,6-10H2,1-5H3,(H,18,19)(H2,15,16,20). The predicted octanol–water partition coefficient (Wildman–Crippen LogP) is 1.52. The van der Waals surface area contributed by atoms with Crippen LogP contribution in [0.1, 0.15) is 40.0 Å². The zero-order valence-electron chi connectivity index (χ0n) is 13.3. The zero-order chi connectivity index (χ0) is 15.8. The summed E-state index contributed by atoms with van der Waals surface area (Å²) in [5, 5.41) is 14.2. The molecule has 6 nitrogen and oxygen atoms in total. The summed E-state index contributed by atoms with van der Waals surface area (Å²) in [6, 6.07) is -0.217. The lowest BCUT2D eigenvalue weighted by Crippen LogP contribution is -2.46. The summed E-state index contributed by atoms with van der Waals surface area (Å²) in [5.74, 6) is -0.799. The van der Waals surface area contributed by atoms with E-state index in [2.05, 4.69) is 29.4 Å². The first-order chi connectivity index (χ1) is 9.12. The second kappa shape index (κ2) is 8.79. The van der Waals surface area contributed by atoms with Crippen LogP contribution in [0.5, 0.6) is 0 Å². The Hall–Kier alpha value is -1.30. The summed E-state index contributed by atoms with van der Waals surface area (Å²) < 4.78 is 0. The molecule has 0 aromatic carbocycles. The van der Waals surface area contributed by atoms with Gasteiger partial charge in [0.1, 0.15) is 0 Å². The molecule has 0 saturated heterocycles. The fraction of sp³-hybridized carbons (Fsp3) is 0.857. The fourth-order valence-electron chi connectivity index (χ4n) is 2.14. The molecule has 1 unspecified atom stereocenters. The van der Waals surface area contributed by atoms with Crippen LogP contribution in [0.3, 0.4) is 0 Å². The molecule has 0 saturated carbocycles. The van der Waals surface area contributed by atoms with E-state index in [1.165, 1.54) is 0 Å². The van der Waals surface area contributed by atoms with Crippen molar-refractivity contribution in [3.05, 3.63) is 0 Å². The van der Waals surface area contributed by atoms with Crippen LogP contribution in [-0.4, -0.2) is 55.2 Å².